The minimum Gasteiger partial charge on any atom is -0.424 e. The Kier molecular flexibility index (Phi) is 7.01. The van der Waals surface area contributed by atoms with Gasteiger partial charge in [-0.2, -0.15) is 0 Å². The van der Waals surface area contributed by atoms with Crippen molar-refractivity contribution in [3.63, 3.8) is 0 Å². The highest BCUT2D eigenvalue weighted by molar-refractivity contribution is 6.48. The highest BCUT2D eigenvalue weighted by Gasteiger charge is 2.31. The molecule has 0 radical (unpaired) electrons. The average molecular weight is 266 g/mol. The third-order valence-electron chi connectivity index (χ3n) is 2.76. The lowest BCUT2D eigenvalue weighted by molar-refractivity contribution is -0.107. The molecule has 1 aromatic carbocycles. The average Bonchev–Trinajstić information content (AvgIpc) is 2.26. The van der Waals surface area contributed by atoms with Crippen molar-refractivity contribution in [1.82, 2.24) is 0 Å². The van der Waals surface area contributed by atoms with Gasteiger partial charge in [0.1, 0.15) is 0 Å². The summed E-state index contributed by atoms with van der Waals surface area (Å²) in [6.07, 6.45) is 1.66. The standard InChI is InChI=1S/C8H9BO2.C6H14O2/c10-9(11)7-6-8-4-2-1-3-5-8;1-5(2,7)6(3,4)8/h1-7,10-11H;7-8H,1-4H3. The van der Waals surface area contributed by atoms with Gasteiger partial charge in [0.2, 0.25) is 0 Å². The zero-order valence-corrected chi connectivity index (χ0v) is 11.9. The first-order valence-electron chi connectivity index (χ1n) is 6.08. The van der Waals surface area contributed by atoms with Crippen LogP contribution < -0.4 is 0 Å². The molecular weight excluding hydrogens is 243 g/mol. The van der Waals surface area contributed by atoms with E-state index in [2.05, 4.69) is 0 Å². The summed E-state index contributed by atoms with van der Waals surface area (Å²) >= 11 is 0. The van der Waals surface area contributed by atoms with Crippen LogP contribution in [0, 0.1) is 0 Å². The van der Waals surface area contributed by atoms with Gasteiger partial charge in [-0.05, 0) is 33.3 Å². The van der Waals surface area contributed by atoms with Crippen LogP contribution in [0.15, 0.2) is 36.3 Å². The molecule has 0 spiro atoms. The molecule has 0 fully saturated rings. The maximum Gasteiger partial charge on any atom is 0.480 e. The second kappa shape index (κ2) is 7.45. The molecule has 1 aromatic rings. The van der Waals surface area contributed by atoms with E-state index in [1.165, 1.54) is 5.98 Å². The van der Waals surface area contributed by atoms with E-state index in [1.807, 2.05) is 30.3 Å². The molecular formula is C14H23BO4. The second-order valence-corrected chi connectivity index (χ2v) is 5.30. The van der Waals surface area contributed by atoms with Gasteiger partial charge >= 0.3 is 7.12 Å². The molecule has 1 rings (SSSR count). The third-order valence-corrected chi connectivity index (χ3v) is 2.76. The first-order valence-corrected chi connectivity index (χ1v) is 6.08. The molecule has 0 aromatic heterocycles. The van der Waals surface area contributed by atoms with Crippen LogP contribution in [0.25, 0.3) is 6.08 Å². The normalized spacial score (nSPS) is 12.0. The topological polar surface area (TPSA) is 80.9 Å². The molecule has 0 heterocycles. The van der Waals surface area contributed by atoms with Crippen LogP contribution in [0.2, 0.25) is 0 Å². The van der Waals surface area contributed by atoms with E-state index >= 15 is 0 Å². The largest absolute Gasteiger partial charge is 0.480 e. The summed E-state index contributed by atoms with van der Waals surface area (Å²) in [5, 5.41) is 35.2. The van der Waals surface area contributed by atoms with Gasteiger partial charge in [-0.15, -0.1) is 0 Å². The zero-order valence-electron chi connectivity index (χ0n) is 11.9. The van der Waals surface area contributed by atoms with Gasteiger partial charge in [0.05, 0.1) is 11.2 Å². The number of hydrogen-bond acceptors (Lipinski definition) is 4. The van der Waals surface area contributed by atoms with Gasteiger partial charge in [0, 0.05) is 0 Å². The van der Waals surface area contributed by atoms with E-state index < -0.39 is 18.3 Å². The minimum absolute atomic E-state index is 0.959. The van der Waals surface area contributed by atoms with E-state index in [0.29, 0.717) is 0 Å². The fourth-order valence-corrected chi connectivity index (χ4v) is 0.761. The molecule has 0 aliphatic heterocycles. The van der Waals surface area contributed by atoms with Gasteiger partial charge in [-0.1, -0.05) is 42.4 Å². The molecule has 0 bridgehead atoms. The summed E-state index contributed by atoms with van der Waals surface area (Å²) in [5.41, 5.74) is -1.05. The monoisotopic (exact) mass is 266 g/mol. The lowest BCUT2D eigenvalue weighted by atomic mass is 9.90. The van der Waals surface area contributed by atoms with Crippen molar-refractivity contribution >= 4 is 13.2 Å². The van der Waals surface area contributed by atoms with Crippen LogP contribution in [0.3, 0.4) is 0 Å². The van der Waals surface area contributed by atoms with Gasteiger partial charge in [-0.25, -0.2) is 0 Å². The van der Waals surface area contributed by atoms with Crippen molar-refractivity contribution in [2.45, 2.75) is 38.9 Å². The molecule has 4 nitrogen and oxygen atoms in total. The number of hydrogen-bond donors (Lipinski definition) is 4. The Bertz CT molecular complexity index is 363. The summed E-state index contributed by atoms with van der Waals surface area (Å²) in [7, 11) is -1.37. The summed E-state index contributed by atoms with van der Waals surface area (Å²) in [4.78, 5) is 0. The van der Waals surface area contributed by atoms with E-state index in [1.54, 1.807) is 33.8 Å². The van der Waals surface area contributed by atoms with Crippen molar-refractivity contribution in [2.24, 2.45) is 0 Å². The Morgan fingerprint density at radius 2 is 1.32 bits per heavy atom. The first-order chi connectivity index (χ1) is 8.54. The predicted molar refractivity (Wildman–Crippen MR) is 78.3 cm³/mol. The molecule has 4 N–H and O–H groups in total. The Morgan fingerprint density at radius 1 is 0.895 bits per heavy atom. The first kappa shape index (κ1) is 17.9. The van der Waals surface area contributed by atoms with Crippen LogP contribution >= 0.6 is 0 Å². The fourth-order valence-electron chi connectivity index (χ4n) is 0.761. The molecule has 5 heteroatoms. The molecule has 0 aliphatic carbocycles. The van der Waals surface area contributed by atoms with Crippen LogP contribution in [-0.4, -0.2) is 38.6 Å². The maximum atomic E-state index is 9.10. The molecule has 19 heavy (non-hydrogen) atoms. The number of aliphatic hydroxyl groups is 2. The summed E-state index contributed by atoms with van der Waals surface area (Å²) in [6, 6.07) is 9.47. The van der Waals surface area contributed by atoms with Crippen LogP contribution in [0.1, 0.15) is 33.3 Å². The Morgan fingerprint density at radius 3 is 1.63 bits per heavy atom. The maximum absolute atomic E-state index is 9.10. The van der Waals surface area contributed by atoms with Gasteiger partial charge in [0.15, 0.2) is 0 Å². The van der Waals surface area contributed by atoms with E-state index in [0.717, 1.165) is 5.56 Å². The Balaban J connectivity index is 0.000000362. The number of benzene rings is 1. The lowest BCUT2D eigenvalue weighted by Crippen LogP contribution is -2.44. The van der Waals surface area contributed by atoms with E-state index in [4.69, 9.17) is 20.3 Å². The molecule has 0 saturated carbocycles. The summed E-state index contributed by atoms with van der Waals surface area (Å²) in [6.45, 7) is 6.31. The zero-order chi connectivity index (χ0) is 15.1. The number of rotatable bonds is 3. The Labute approximate surface area is 115 Å². The predicted octanol–water partition coefficient (Wildman–Crippen LogP) is 1.24. The molecule has 0 unspecified atom stereocenters. The quantitative estimate of drug-likeness (QED) is 0.620. The smallest absolute Gasteiger partial charge is 0.424 e. The fraction of sp³-hybridized carbons (Fsp3) is 0.429. The third kappa shape index (κ3) is 8.56. The molecule has 0 atom stereocenters. The lowest BCUT2D eigenvalue weighted by Gasteiger charge is -2.31. The van der Waals surface area contributed by atoms with Crippen molar-refractivity contribution in [3.05, 3.63) is 41.9 Å². The van der Waals surface area contributed by atoms with E-state index in [-0.39, 0.29) is 0 Å². The van der Waals surface area contributed by atoms with Crippen molar-refractivity contribution in [2.75, 3.05) is 0 Å². The van der Waals surface area contributed by atoms with Crippen LogP contribution in [0.5, 0.6) is 0 Å². The van der Waals surface area contributed by atoms with Crippen molar-refractivity contribution in [3.8, 4) is 0 Å². The van der Waals surface area contributed by atoms with Gasteiger partial charge < -0.3 is 20.3 Å². The summed E-state index contributed by atoms with van der Waals surface area (Å²) in [5.74, 6) is 1.31. The van der Waals surface area contributed by atoms with Crippen LogP contribution in [-0.2, 0) is 0 Å². The van der Waals surface area contributed by atoms with Gasteiger partial charge in [-0.3, -0.25) is 0 Å². The second-order valence-electron chi connectivity index (χ2n) is 5.30. The van der Waals surface area contributed by atoms with Crippen molar-refractivity contribution < 1.29 is 20.3 Å². The molecule has 106 valence electrons. The van der Waals surface area contributed by atoms with Gasteiger partial charge in [0.25, 0.3) is 0 Å². The molecule has 0 aliphatic rings. The Hall–Kier alpha value is -1.14. The minimum atomic E-state index is -1.37. The van der Waals surface area contributed by atoms with Crippen LogP contribution in [0.4, 0.5) is 0 Å². The van der Waals surface area contributed by atoms with E-state index in [9.17, 15) is 0 Å². The van der Waals surface area contributed by atoms with Crippen molar-refractivity contribution in [1.29, 1.82) is 0 Å². The highest BCUT2D eigenvalue weighted by atomic mass is 16.4. The molecule has 0 amide bonds. The molecule has 0 saturated heterocycles. The highest BCUT2D eigenvalue weighted by Crippen LogP contribution is 2.19. The summed E-state index contributed by atoms with van der Waals surface area (Å²) < 4.78 is 0. The SMILES string of the molecule is CC(C)(O)C(C)(C)O.OB(O)C=Cc1ccccc1.